The number of benzene rings is 2. The van der Waals surface area contributed by atoms with Crippen LogP contribution in [0, 0.1) is 5.82 Å². The van der Waals surface area contributed by atoms with E-state index < -0.39 is 5.82 Å². The van der Waals surface area contributed by atoms with Gasteiger partial charge in [-0.25, -0.2) is 4.39 Å². The van der Waals surface area contributed by atoms with Gasteiger partial charge in [-0.1, -0.05) is 35.9 Å². The molecule has 2 N–H and O–H groups in total. The summed E-state index contributed by atoms with van der Waals surface area (Å²) in [6.07, 6.45) is 5.90. The van der Waals surface area contributed by atoms with Crippen LogP contribution in [0.2, 0.25) is 5.02 Å². The number of hydrogen-bond acceptors (Lipinski definition) is 7. The van der Waals surface area contributed by atoms with Crippen LogP contribution in [-0.4, -0.2) is 71.4 Å². The average Bonchev–Trinajstić information content (AvgIpc) is 3.15. The third kappa shape index (κ3) is 5.04. The Hall–Kier alpha value is -3.20. The number of rotatable bonds is 6. The van der Waals surface area contributed by atoms with E-state index in [9.17, 15) is 5.11 Å². The fourth-order valence-corrected chi connectivity index (χ4v) is 6.05. The van der Waals surface area contributed by atoms with E-state index in [1.165, 1.54) is 0 Å². The Morgan fingerprint density at radius 2 is 1.88 bits per heavy atom. The van der Waals surface area contributed by atoms with E-state index in [-0.39, 0.29) is 33.4 Å². The molecular weight excluding hydrogens is 529 g/mol. The first-order valence-electron chi connectivity index (χ1n) is 13.8. The van der Waals surface area contributed by atoms with Gasteiger partial charge in [-0.15, -0.1) is 0 Å². The monoisotopic (exact) mass is 563 g/mol. The van der Waals surface area contributed by atoms with Gasteiger partial charge in [0.2, 0.25) is 0 Å². The van der Waals surface area contributed by atoms with Crippen molar-refractivity contribution in [2.75, 3.05) is 38.7 Å². The topological polar surface area (TPSA) is 73.8 Å². The fourth-order valence-electron chi connectivity index (χ4n) is 5.73. The predicted octanol–water partition coefficient (Wildman–Crippen LogP) is 5.62. The standard InChI is InChI=1S/C31H35ClFN5O2/c1-31(2,37(3)4)17-40-30-35-28-24(29(36-30)38-15-21-9-10-22(16-38)34-21)14-25(32)26(27(28)33)20-11-18-7-5-6-8-19(18)12-23(39)13-20/h5-8,12-14,21-22,34,39H,9-11,15-17H2,1-4H3. The summed E-state index contributed by atoms with van der Waals surface area (Å²) in [6, 6.07) is 10.4. The normalized spacial score (nSPS) is 20.8. The first-order valence-corrected chi connectivity index (χ1v) is 14.2. The van der Waals surface area contributed by atoms with Crippen LogP contribution in [-0.2, 0) is 6.42 Å². The van der Waals surface area contributed by atoms with Crippen molar-refractivity contribution in [3.05, 3.63) is 69.7 Å². The Labute approximate surface area is 239 Å². The third-order valence-corrected chi connectivity index (χ3v) is 8.80. The highest BCUT2D eigenvalue weighted by Gasteiger charge is 2.34. The highest BCUT2D eigenvalue weighted by atomic mass is 35.5. The van der Waals surface area contributed by atoms with Crippen LogP contribution in [0.25, 0.3) is 22.6 Å². The number of hydrogen-bond donors (Lipinski definition) is 2. The van der Waals surface area contributed by atoms with Crippen molar-refractivity contribution < 1.29 is 14.2 Å². The molecule has 6 rings (SSSR count). The highest BCUT2D eigenvalue weighted by molar-refractivity contribution is 6.33. The molecule has 7 nitrogen and oxygen atoms in total. The number of anilines is 1. The maximum atomic E-state index is 16.6. The van der Waals surface area contributed by atoms with Crippen molar-refractivity contribution in [3.8, 4) is 6.01 Å². The lowest BCUT2D eigenvalue weighted by atomic mass is 9.95. The van der Waals surface area contributed by atoms with Gasteiger partial charge < -0.3 is 25.0 Å². The molecule has 0 spiro atoms. The van der Waals surface area contributed by atoms with Crippen LogP contribution in [0.5, 0.6) is 6.01 Å². The second kappa shape index (κ2) is 10.3. The van der Waals surface area contributed by atoms with Crippen molar-refractivity contribution in [3.63, 3.8) is 0 Å². The molecule has 2 aliphatic heterocycles. The average molecular weight is 564 g/mol. The quantitative estimate of drug-likeness (QED) is 0.403. The smallest absolute Gasteiger partial charge is 0.319 e. The van der Waals surface area contributed by atoms with E-state index in [2.05, 4.69) is 33.9 Å². The number of aromatic nitrogens is 2. The number of aliphatic hydroxyl groups is 1. The summed E-state index contributed by atoms with van der Waals surface area (Å²) < 4.78 is 22.8. The molecule has 2 aromatic carbocycles. The van der Waals surface area contributed by atoms with Gasteiger partial charge in [0.1, 0.15) is 23.7 Å². The van der Waals surface area contributed by atoms with Gasteiger partial charge in [-0.2, -0.15) is 9.97 Å². The van der Waals surface area contributed by atoms with Crippen LogP contribution in [0.1, 0.15) is 43.4 Å². The maximum absolute atomic E-state index is 16.6. The van der Waals surface area contributed by atoms with Crippen LogP contribution in [0.3, 0.4) is 0 Å². The molecule has 0 radical (unpaired) electrons. The molecule has 2 bridgehead atoms. The summed E-state index contributed by atoms with van der Waals surface area (Å²) in [5.41, 5.74) is 2.56. The SMILES string of the molecule is CN(C)C(C)(C)COc1nc(N2CC3CCC(C2)N3)c2cc(Cl)c(C3=CC(O)=Cc4ccccc4C3)c(F)c2n1. The molecule has 3 aromatic rings. The zero-order chi connectivity index (χ0) is 28.2. The minimum atomic E-state index is -0.542. The Kier molecular flexibility index (Phi) is 6.97. The van der Waals surface area contributed by atoms with Gasteiger partial charge in [0, 0.05) is 41.7 Å². The second-order valence-electron chi connectivity index (χ2n) is 11.9. The first-order chi connectivity index (χ1) is 19.1. The second-order valence-corrected chi connectivity index (χ2v) is 12.3. The van der Waals surface area contributed by atoms with Crippen molar-refractivity contribution in [1.82, 2.24) is 20.2 Å². The molecule has 3 aliphatic rings. The summed E-state index contributed by atoms with van der Waals surface area (Å²) in [6.45, 7) is 6.01. The maximum Gasteiger partial charge on any atom is 0.319 e. The lowest BCUT2D eigenvalue weighted by Crippen LogP contribution is -2.51. The molecule has 2 fully saturated rings. The summed E-state index contributed by atoms with van der Waals surface area (Å²) >= 11 is 6.84. The zero-order valence-electron chi connectivity index (χ0n) is 23.3. The van der Waals surface area contributed by atoms with Gasteiger partial charge in [0.25, 0.3) is 0 Å². The van der Waals surface area contributed by atoms with Crippen LogP contribution < -0.4 is 15.0 Å². The molecule has 9 heteroatoms. The van der Waals surface area contributed by atoms with Crippen molar-refractivity contribution in [1.29, 1.82) is 0 Å². The number of nitrogens with zero attached hydrogens (tertiary/aromatic N) is 4. The number of allylic oxidation sites excluding steroid dienone is 2. The molecule has 1 aromatic heterocycles. The number of likely N-dealkylation sites (N-methyl/N-ethyl adjacent to an activating group) is 1. The Morgan fingerprint density at radius 1 is 1.15 bits per heavy atom. The lowest BCUT2D eigenvalue weighted by Gasteiger charge is -2.35. The molecule has 210 valence electrons. The van der Waals surface area contributed by atoms with E-state index in [4.69, 9.17) is 21.3 Å². The lowest BCUT2D eigenvalue weighted by molar-refractivity contribution is 0.108. The van der Waals surface area contributed by atoms with Crippen LogP contribution in [0.4, 0.5) is 10.2 Å². The third-order valence-electron chi connectivity index (χ3n) is 8.51. The zero-order valence-corrected chi connectivity index (χ0v) is 24.1. The van der Waals surface area contributed by atoms with Crippen molar-refractivity contribution >= 4 is 40.0 Å². The van der Waals surface area contributed by atoms with E-state index in [1.807, 2.05) is 38.4 Å². The predicted molar refractivity (Wildman–Crippen MR) is 159 cm³/mol. The molecule has 1 aliphatic carbocycles. The molecule has 2 unspecified atom stereocenters. The Balaban J connectivity index is 1.48. The molecule has 40 heavy (non-hydrogen) atoms. The number of piperazine rings is 1. The molecular formula is C31H35ClFN5O2. The number of halogens is 2. The summed E-state index contributed by atoms with van der Waals surface area (Å²) in [7, 11) is 3.98. The Morgan fingerprint density at radius 3 is 2.60 bits per heavy atom. The van der Waals surface area contributed by atoms with Crippen LogP contribution in [0.15, 0.2) is 42.2 Å². The number of fused-ring (bicyclic) bond motifs is 4. The summed E-state index contributed by atoms with van der Waals surface area (Å²) in [4.78, 5) is 13.7. The summed E-state index contributed by atoms with van der Waals surface area (Å²) in [5.74, 6) is 0.140. The summed E-state index contributed by atoms with van der Waals surface area (Å²) in [5, 5.41) is 15.1. The van der Waals surface area contributed by atoms with E-state index >= 15 is 4.39 Å². The molecule has 2 atom stereocenters. The van der Waals surface area contributed by atoms with Gasteiger partial charge in [0.15, 0.2) is 5.82 Å². The molecule has 0 saturated carbocycles. The number of nitrogens with one attached hydrogen (secondary N) is 1. The number of aliphatic hydroxyl groups excluding tert-OH is 1. The minimum absolute atomic E-state index is 0.0464. The first kappa shape index (κ1) is 27.0. The number of ether oxygens (including phenoxy) is 1. The van der Waals surface area contributed by atoms with E-state index in [0.717, 1.165) is 37.1 Å². The largest absolute Gasteiger partial charge is 0.508 e. The van der Waals surface area contributed by atoms with Gasteiger partial charge in [-0.05, 0) is 82.1 Å². The molecule has 2 saturated heterocycles. The van der Waals surface area contributed by atoms with Gasteiger partial charge in [-0.3, -0.25) is 0 Å². The van der Waals surface area contributed by atoms with Gasteiger partial charge >= 0.3 is 6.01 Å². The van der Waals surface area contributed by atoms with Gasteiger partial charge in [0.05, 0.1) is 5.02 Å². The molecule has 0 amide bonds. The minimum Gasteiger partial charge on any atom is -0.508 e. The van der Waals surface area contributed by atoms with Crippen molar-refractivity contribution in [2.24, 2.45) is 0 Å². The fraction of sp³-hybridized carbons (Fsp3) is 0.419. The van der Waals surface area contributed by atoms with Crippen molar-refractivity contribution in [2.45, 2.75) is 50.7 Å². The van der Waals surface area contributed by atoms with E-state index in [0.29, 0.717) is 41.9 Å². The molecule has 3 heterocycles. The van der Waals surface area contributed by atoms with Crippen LogP contribution >= 0.6 is 11.6 Å². The van der Waals surface area contributed by atoms with E-state index in [1.54, 1.807) is 18.2 Å². The highest BCUT2D eigenvalue weighted by Crippen LogP contribution is 2.40. The Bertz CT molecular complexity index is 1520.